The summed E-state index contributed by atoms with van der Waals surface area (Å²) in [6, 6.07) is 10.2. The van der Waals surface area contributed by atoms with Crippen LogP contribution >= 0.6 is 0 Å². The zero-order valence-corrected chi connectivity index (χ0v) is 13.6. The van der Waals surface area contributed by atoms with Gasteiger partial charge in [-0.2, -0.15) is 0 Å². The minimum absolute atomic E-state index is 0.0763. The first kappa shape index (κ1) is 16.2. The first-order valence-electron chi connectivity index (χ1n) is 7.46. The summed E-state index contributed by atoms with van der Waals surface area (Å²) in [6.07, 6.45) is 4.25. The summed E-state index contributed by atoms with van der Waals surface area (Å²) in [7, 11) is -0.817. The third kappa shape index (κ3) is 4.64. The minimum Gasteiger partial charge on any atom is -0.329 e. The summed E-state index contributed by atoms with van der Waals surface area (Å²) >= 11 is 0. The zero-order chi connectivity index (χ0) is 15.2. The van der Waals surface area contributed by atoms with Crippen LogP contribution in [0.15, 0.2) is 30.3 Å². The van der Waals surface area contributed by atoms with Gasteiger partial charge in [0.05, 0.1) is 12.7 Å². The van der Waals surface area contributed by atoms with Crippen molar-refractivity contribution in [1.82, 2.24) is 10.2 Å². The lowest BCUT2D eigenvalue weighted by atomic mass is 10.1. The average molecular weight is 308 g/mol. The number of nitrogens with one attached hydrogen (secondary N) is 1. The third-order valence-electron chi connectivity index (χ3n) is 4.08. The molecule has 1 aromatic rings. The maximum absolute atomic E-state index is 12.3. The normalized spacial score (nSPS) is 21.5. The highest BCUT2D eigenvalue weighted by Crippen LogP contribution is 2.12. The second-order valence-corrected chi connectivity index (χ2v) is 7.44. The van der Waals surface area contributed by atoms with Crippen molar-refractivity contribution >= 4 is 16.7 Å². The molecule has 3 unspecified atom stereocenters. The summed E-state index contributed by atoms with van der Waals surface area (Å²) in [4.78, 5) is 14.1. The Kier molecular flexibility index (Phi) is 5.94. The van der Waals surface area contributed by atoms with Gasteiger partial charge >= 0.3 is 0 Å². The van der Waals surface area contributed by atoms with Crippen LogP contribution in [0.2, 0.25) is 0 Å². The molecule has 1 amide bonds. The van der Waals surface area contributed by atoms with E-state index in [1.807, 2.05) is 30.0 Å². The molecule has 0 radical (unpaired) electrons. The highest BCUT2D eigenvalue weighted by molar-refractivity contribution is 7.84. The molecule has 2 rings (SSSR count). The van der Waals surface area contributed by atoms with E-state index < -0.39 is 10.8 Å². The molecule has 116 valence electrons. The summed E-state index contributed by atoms with van der Waals surface area (Å²) in [5.41, 5.74) is 1.26. The molecular formula is C16H24N2O2S. The van der Waals surface area contributed by atoms with E-state index in [-0.39, 0.29) is 17.2 Å². The van der Waals surface area contributed by atoms with Gasteiger partial charge in [-0.05, 0) is 24.8 Å². The van der Waals surface area contributed by atoms with Crippen LogP contribution in [0.25, 0.3) is 0 Å². The van der Waals surface area contributed by atoms with E-state index in [2.05, 4.69) is 17.4 Å². The van der Waals surface area contributed by atoms with Gasteiger partial charge in [0.2, 0.25) is 5.91 Å². The molecule has 0 aromatic heterocycles. The third-order valence-corrected chi connectivity index (χ3v) is 5.44. The number of nitrogens with zero attached hydrogens (tertiary/aromatic N) is 1. The van der Waals surface area contributed by atoms with Crippen molar-refractivity contribution in [2.24, 2.45) is 0 Å². The van der Waals surface area contributed by atoms with E-state index in [9.17, 15) is 9.00 Å². The van der Waals surface area contributed by atoms with E-state index in [0.717, 1.165) is 19.3 Å². The molecule has 1 aliphatic heterocycles. The lowest BCUT2D eigenvalue weighted by molar-refractivity contribution is -0.129. The number of rotatable bonds is 7. The minimum atomic E-state index is -0.817. The molecule has 5 heteroatoms. The SMILES string of the molecule is CC(CCN1CNC(CCc2ccccc2)C1=O)S(C)=O. The van der Waals surface area contributed by atoms with Gasteiger partial charge in [-0.3, -0.25) is 14.3 Å². The van der Waals surface area contributed by atoms with Crippen LogP contribution in [-0.2, 0) is 22.0 Å². The fourth-order valence-corrected chi connectivity index (χ4v) is 2.92. The molecule has 3 atom stereocenters. The van der Waals surface area contributed by atoms with Crippen LogP contribution < -0.4 is 5.32 Å². The fourth-order valence-electron chi connectivity index (χ4n) is 2.48. The van der Waals surface area contributed by atoms with Crippen LogP contribution in [0.5, 0.6) is 0 Å². The predicted octanol–water partition coefficient (Wildman–Crippen LogP) is 1.53. The monoisotopic (exact) mass is 308 g/mol. The van der Waals surface area contributed by atoms with Crippen molar-refractivity contribution in [2.75, 3.05) is 19.5 Å². The van der Waals surface area contributed by atoms with Gasteiger partial charge in [-0.25, -0.2) is 0 Å². The molecule has 0 bridgehead atoms. The molecule has 4 nitrogen and oxygen atoms in total. The Morgan fingerprint density at radius 3 is 2.76 bits per heavy atom. The molecule has 0 spiro atoms. The Morgan fingerprint density at radius 1 is 1.38 bits per heavy atom. The number of hydrogen-bond acceptors (Lipinski definition) is 3. The van der Waals surface area contributed by atoms with Crippen molar-refractivity contribution in [3.05, 3.63) is 35.9 Å². The van der Waals surface area contributed by atoms with E-state index in [0.29, 0.717) is 13.2 Å². The number of benzene rings is 1. The second kappa shape index (κ2) is 7.71. The van der Waals surface area contributed by atoms with Crippen LogP contribution in [0.1, 0.15) is 25.3 Å². The maximum Gasteiger partial charge on any atom is 0.240 e. The number of carbonyl (C=O) groups excluding carboxylic acids is 1. The lowest BCUT2D eigenvalue weighted by Crippen LogP contribution is -2.32. The van der Waals surface area contributed by atoms with Crippen molar-refractivity contribution < 1.29 is 9.00 Å². The Morgan fingerprint density at radius 2 is 2.10 bits per heavy atom. The fraction of sp³-hybridized carbons (Fsp3) is 0.562. The Labute approximate surface area is 129 Å². The van der Waals surface area contributed by atoms with Crippen molar-refractivity contribution in [1.29, 1.82) is 0 Å². The smallest absolute Gasteiger partial charge is 0.240 e. The number of aryl methyl sites for hydroxylation is 1. The number of hydrogen-bond donors (Lipinski definition) is 1. The quantitative estimate of drug-likeness (QED) is 0.831. The van der Waals surface area contributed by atoms with Crippen molar-refractivity contribution in [2.45, 2.75) is 37.5 Å². The highest BCUT2D eigenvalue weighted by Gasteiger charge is 2.30. The molecule has 1 aliphatic rings. The topological polar surface area (TPSA) is 49.4 Å². The standard InChI is InChI=1S/C16H24N2O2S/c1-13(21(2)20)10-11-18-12-17-15(16(18)19)9-8-14-6-4-3-5-7-14/h3-7,13,15,17H,8-12H2,1-2H3. The molecule has 21 heavy (non-hydrogen) atoms. The lowest BCUT2D eigenvalue weighted by Gasteiger charge is -2.17. The van der Waals surface area contributed by atoms with Gasteiger partial charge < -0.3 is 4.90 Å². The van der Waals surface area contributed by atoms with Gasteiger partial charge in [0.25, 0.3) is 0 Å². The summed E-state index contributed by atoms with van der Waals surface area (Å²) < 4.78 is 11.3. The molecule has 0 saturated carbocycles. The van der Waals surface area contributed by atoms with Crippen LogP contribution in [0.3, 0.4) is 0 Å². The van der Waals surface area contributed by atoms with Gasteiger partial charge in [0, 0.05) is 28.9 Å². The van der Waals surface area contributed by atoms with Crippen LogP contribution in [-0.4, -0.2) is 45.8 Å². The molecule has 1 fully saturated rings. The first-order chi connectivity index (χ1) is 10.1. The van der Waals surface area contributed by atoms with Crippen molar-refractivity contribution in [3.63, 3.8) is 0 Å². The first-order valence-corrected chi connectivity index (χ1v) is 9.08. The average Bonchev–Trinajstić information content (AvgIpc) is 2.84. The van der Waals surface area contributed by atoms with E-state index in [1.54, 1.807) is 6.26 Å². The molecule has 1 heterocycles. The largest absolute Gasteiger partial charge is 0.329 e. The predicted molar refractivity (Wildman–Crippen MR) is 86.4 cm³/mol. The van der Waals surface area contributed by atoms with Gasteiger partial charge in [-0.15, -0.1) is 0 Å². The Hall–Kier alpha value is -1.20. The van der Waals surface area contributed by atoms with E-state index in [1.165, 1.54) is 5.56 Å². The summed E-state index contributed by atoms with van der Waals surface area (Å²) in [5.74, 6) is 0.181. The van der Waals surface area contributed by atoms with E-state index >= 15 is 0 Å². The van der Waals surface area contributed by atoms with Gasteiger partial charge in [0.1, 0.15) is 0 Å². The van der Waals surface area contributed by atoms with Gasteiger partial charge in [-0.1, -0.05) is 37.3 Å². The van der Waals surface area contributed by atoms with E-state index in [4.69, 9.17) is 0 Å². The molecule has 0 aliphatic carbocycles. The summed E-state index contributed by atoms with van der Waals surface area (Å²) in [6.45, 7) is 3.27. The van der Waals surface area contributed by atoms with Crippen LogP contribution in [0.4, 0.5) is 0 Å². The highest BCUT2D eigenvalue weighted by atomic mass is 32.2. The summed E-state index contributed by atoms with van der Waals surface area (Å²) in [5, 5.41) is 3.42. The molecule has 1 N–H and O–H groups in total. The molecule has 1 aromatic carbocycles. The van der Waals surface area contributed by atoms with Gasteiger partial charge in [0.15, 0.2) is 0 Å². The maximum atomic E-state index is 12.3. The Bertz CT molecular complexity index is 492. The number of amides is 1. The Balaban J connectivity index is 1.77. The zero-order valence-electron chi connectivity index (χ0n) is 12.7. The molecule has 1 saturated heterocycles. The van der Waals surface area contributed by atoms with Crippen molar-refractivity contribution in [3.8, 4) is 0 Å². The molecular weight excluding hydrogens is 284 g/mol. The second-order valence-electron chi connectivity index (χ2n) is 5.64. The number of carbonyl (C=O) groups is 1. The van der Waals surface area contributed by atoms with Crippen LogP contribution in [0, 0.1) is 0 Å².